The van der Waals surface area contributed by atoms with E-state index in [1.165, 1.54) is 12.1 Å². The average Bonchev–Trinajstić information content (AvgIpc) is 2.67. The van der Waals surface area contributed by atoms with Crippen LogP contribution >= 0.6 is 22.6 Å². The molecule has 1 aromatic carbocycles. The molecule has 0 aliphatic carbocycles. The van der Waals surface area contributed by atoms with Gasteiger partial charge in [0.2, 0.25) is 0 Å². The highest BCUT2D eigenvalue weighted by atomic mass is 127. The maximum Gasteiger partial charge on any atom is 0.123 e. The molecule has 1 aliphatic heterocycles. The van der Waals surface area contributed by atoms with Crippen molar-refractivity contribution >= 4 is 22.6 Å². The van der Waals surface area contributed by atoms with Gasteiger partial charge < -0.3 is 4.74 Å². The minimum absolute atomic E-state index is 0.176. The Morgan fingerprint density at radius 3 is 2.64 bits per heavy atom. The van der Waals surface area contributed by atoms with Crippen molar-refractivity contribution in [3.05, 3.63) is 35.6 Å². The lowest BCUT2D eigenvalue weighted by molar-refractivity contribution is 0.108. The quantitative estimate of drug-likeness (QED) is 0.601. The van der Waals surface area contributed by atoms with E-state index in [9.17, 15) is 4.39 Å². The third kappa shape index (κ3) is 2.25. The summed E-state index contributed by atoms with van der Waals surface area (Å²) in [6.45, 7) is 0.838. The molecule has 0 amide bonds. The first-order chi connectivity index (χ1) is 6.79. The molecule has 0 spiro atoms. The highest BCUT2D eigenvalue weighted by Crippen LogP contribution is 2.33. The molecule has 14 heavy (non-hydrogen) atoms. The summed E-state index contributed by atoms with van der Waals surface area (Å²) in [6, 6.07) is 6.62. The smallest absolute Gasteiger partial charge is 0.123 e. The van der Waals surface area contributed by atoms with Gasteiger partial charge in [0, 0.05) is 4.43 Å². The fourth-order valence-electron chi connectivity index (χ4n) is 1.71. The van der Waals surface area contributed by atoms with Crippen molar-refractivity contribution in [1.29, 1.82) is 0 Å². The Labute approximate surface area is 96.8 Å². The van der Waals surface area contributed by atoms with Gasteiger partial charge in [-0.05, 0) is 30.0 Å². The van der Waals surface area contributed by atoms with Crippen molar-refractivity contribution in [3.63, 3.8) is 0 Å². The van der Waals surface area contributed by atoms with Crippen molar-refractivity contribution in [2.75, 3.05) is 11.0 Å². The van der Waals surface area contributed by atoms with E-state index in [2.05, 4.69) is 22.6 Å². The highest BCUT2D eigenvalue weighted by molar-refractivity contribution is 14.1. The third-order valence-corrected chi connectivity index (χ3v) is 3.79. The van der Waals surface area contributed by atoms with Crippen LogP contribution in [0.25, 0.3) is 0 Å². The SMILES string of the molecule is Fc1ccc([C@H]2C[C@H](CI)CO2)cc1. The van der Waals surface area contributed by atoms with Crippen LogP contribution in [0.3, 0.4) is 0 Å². The molecule has 1 saturated heterocycles. The van der Waals surface area contributed by atoms with Gasteiger partial charge in [0.25, 0.3) is 0 Å². The van der Waals surface area contributed by atoms with Crippen LogP contribution in [-0.4, -0.2) is 11.0 Å². The lowest BCUT2D eigenvalue weighted by Crippen LogP contribution is -1.98. The molecule has 1 fully saturated rings. The summed E-state index contributed by atoms with van der Waals surface area (Å²) >= 11 is 2.38. The topological polar surface area (TPSA) is 9.23 Å². The predicted molar refractivity (Wildman–Crippen MR) is 62.1 cm³/mol. The molecule has 1 aliphatic rings. The Balaban J connectivity index is 2.06. The molecule has 2 atom stereocenters. The largest absolute Gasteiger partial charge is 0.373 e. The molecule has 0 aromatic heterocycles. The zero-order valence-electron chi connectivity index (χ0n) is 7.75. The minimum atomic E-state index is -0.183. The van der Waals surface area contributed by atoms with E-state index in [1.807, 2.05) is 12.1 Å². The van der Waals surface area contributed by atoms with Crippen LogP contribution in [0, 0.1) is 11.7 Å². The van der Waals surface area contributed by atoms with Gasteiger partial charge in [-0.1, -0.05) is 34.7 Å². The van der Waals surface area contributed by atoms with E-state index in [-0.39, 0.29) is 11.9 Å². The number of ether oxygens (including phenoxy) is 1. The molecule has 0 bridgehead atoms. The second-order valence-corrected chi connectivity index (χ2v) is 4.51. The van der Waals surface area contributed by atoms with E-state index < -0.39 is 0 Å². The normalized spacial score (nSPS) is 26.7. The van der Waals surface area contributed by atoms with Gasteiger partial charge in [0.05, 0.1) is 12.7 Å². The van der Waals surface area contributed by atoms with Crippen molar-refractivity contribution < 1.29 is 9.13 Å². The van der Waals surface area contributed by atoms with Crippen LogP contribution in [0.2, 0.25) is 0 Å². The fraction of sp³-hybridized carbons (Fsp3) is 0.455. The molecule has 0 radical (unpaired) electrons. The second-order valence-electron chi connectivity index (χ2n) is 3.63. The number of hydrogen-bond acceptors (Lipinski definition) is 1. The Morgan fingerprint density at radius 1 is 1.36 bits per heavy atom. The van der Waals surface area contributed by atoms with Crippen molar-refractivity contribution in [2.45, 2.75) is 12.5 Å². The number of hydrogen-bond donors (Lipinski definition) is 0. The van der Waals surface area contributed by atoms with Gasteiger partial charge >= 0.3 is 0 Å². The number of halogens is 2. The lowest BCUT2D eigenvalue weighted by Gasteiger charge is -2.08. The molecule has 1 aromatic rings. The Morgan fingerprint density at radius 2 is 2.07 bits per heavy atom. The summed E-state index contributed by atoms with van der Waals surface area (Å²) in [5.41, 5.74) is 1.10. The summed E-state index contributed by atoms with van der Waals surface area (Å²) in [6.07, 6.45) is 1.24. The predicted octanol–water partition coefficient (Wildman–Crippen LogP) is 3.34. The van der Waals surface area contributed by atoms with E-state index in [0.717, 1.165) is 23.0 Å². The minimum Gasteiger partial charge on any atom is -0.373 e. The summed E-state index contributed by atoms with van der Waals surface area (Å²) in [4.78, 5) is 0. The maximum absolute atomic E-state index is 12.7. The highest BCUT2D eigenvalue weighted by Gasteiger charge is 2.25. The van der Waals surface area contributed by atoms with Crippen LogP contribution < -0.4 is 0 Å². The average molecular weight is 306 g/mol. The number of benzene rings is 1. The van der Waals surface area contributed by atoms with Gasteiger partial charge in [-0.25, -0.2) is 4.39 Å². The number of rotatable bonds is 2. The maximum atomic E-state index is 12.7. The second kappa shape index (κ2) is 4.57. The van der Waals surface area contributed by atoms with E-state index in [1.54, 1.807) is 0 Å². The standard InChI is InChI=1S/C11H12FIO/c12-10-3-1-9(2-4-10)11-5-8(6-13)7-14-11/h1-4,8,11H,5-7H2/t8-,11-/m1/s1. The van der Waals surface area contributed by atoms with Gasteiger partial charge in [-0.3, -0.25) is 0 Å². The van der Waals surface area contributed by atoms with Crippen LogP contribution in [0.15, 0.2) is 24.3 Å². The summed E-state index contributed by atoms with van der Waals surface area (Å²) in [5.74, 6) is 0.475. The molecule has 1 nitrogen and oxygen atoms in total. The first-order valence-corrected chi connectivity index (χ1v) is 6.25. The summed E-state index contributed by atoms with van der Waals surface area (Å²) < 4.78 is 19.5. The summed E-state index contributed by atoms with van der Waals surface area (Å²) in [7, 11) is 0. The van der Waals surface area contributed by atoms with Crippen molar-refractivity contribution in [3.8, 4) is 0 Å². The molecule has 0 N–H and O–H groups in total. The van der Waals surface area contributed by atoms with Crippen molar-refractivity contribution in [2.24, 2.45) is 5.92 Å². The lowest BCUT2D eigenvalue weighted by atomic mass is 10.0. The van der Waals surface area contributed by atoms with Gasteiger partial charge in [-0.2, -0.15) is 0 Å². The van der Waals surface area contributed by atoms with Gasteiger partial charge in [0.1, 0.15) is 5.82 Å². The zero-order chi connectivity index (χ0) is 9.97. The molecule has 2 rings (SSSR count). The molecular formula is C11H12FIO. The number of alkyl halides is 1. The molecule has 0 saturated carbocycles. The van der Waals surface area contributed by atoms with E-state index in [0.29, 0.717) is 5.92 Å². The zero-order valence-corrected chi connectivity index (χ0v) is 9.91. The molecule has 0 unspecified atom stereocenters. The van der Waals surface area contributed by atoms with Crippen molar-refractivity contribution in [1.82, 2.24) is 0 Å². The summed E-state index contributed by atoms with van der Waals surface area (Å²) in [5, 5.41) is 0. The Hall–Kier alpha value is -0.160. The first kappa shape index (κ1) is 10.4. The first-order valence-electron chi connectivity index (χ1n) is 4.72. The van der Waals surface area contributed by atoms with Gasteiger partial charge in [0.15, 0.2) is 0 Å². The van der Waals surface area contributed by atoms with Crippen LogP contribution in [0.4, 0.5) is 4.39 Å². The monoisotopic (exact) mass is 306 g/mol. The van der Waals surface area contributed by atoms with Gasteiger partial charge in [-0.15, -0.1) is 0 Å². The molecule has 3 heteroatoms. The fourth-order valence-corrected chi connectivity index (χ4v) is 2.32. The third-order valence-electron chi connectivity index (χ3n) is 2.54. The van der Waals surface area contributed by atoms with Crippen LogP contribution in [0.5, 0.6) is 0 Å². The molecule has 76 valence electrons. The van der Waals surface area contributed by atoms with E-state index in [4.69, 9.17) is 4.74 Å². The van der Waals surface area contributed by atoms with Crippen LogP contribution in [0.1, 0.15) is 18.1 Å². The van der Waals surface area contributed by atoms with E-state index >= 15 is 0 Å². The van der Waals surface area contributed by atoms with Crippen LogP contribution in [-0.2, 0) is 4.74 Å². The Bertz CT molecular complexity index is 299. The molecule has 1 heterocycles. The molecular weight excluding hydrogens is 294 g/mol. The Kier molecular flexibility index (Phi) is 3.38.